The molecular formula is C12H16O4. The predicted octanol–water partition coefficient (Wildman–Crippen LogP) is 1.78. The maximum Gasteiger partial charge on any atom is 0.331 e. The van der Waals surface area contributed by atoms with Crippen molar-refractivity contribution < 1.29 is 19.1 Å². The summed E-state index contributed by atoms with van der Waals surface area (Å²) in [6.07, 6.45) is 2.04. The first kappa shape index (κ1) is 14.2. The minimum absolute atomic E-state index is 0.143. The van der Waals surface area contributed by atoms with E-state index in [-0.39, 0.29) is 13.2 Å². The standard InChI is InChI=1S/C12H16O4/c1-9(2)7-15-11(13)5-6-12(14)16-8-10(3)4/h5-6H,1,3,7-8H2,2,4H3/b6-5-. The molecule has 0 rings (SSSR count). The maximum absolute atomic E-state index is 11.0. The molecular weight excluding hydrogens is 208 g/mol. The number of esters is 2. The normalized spacial score (nSPS) is 9.88. The highest BCUT2D eigenvalue weighted by molar-refractivity contribution is 5.91. The summed E-state index contributed by atoms with van der Waals surface area (Å²) in [5.74, 6) is -1.20. The lowest BCUT2D eigenvalue weighted by atomic mass is 10.4. The Labute approximate surface area is 95.2 Å². The monoisotopic (exact) mass is 224 g/mol. The van der Waals surface area contributed by atoms with Gasteiger partial charge < -0.3 is 9.47 Å². The summed E-state index contributed by atoms with van der Waals surface area (Å²) in [6, 6.07) is 0. The van der Waals surface area contributed by atoms with Crippen LogP contribution in [0.1, 0.15) is 13.8 Å². The van der Waals surface area contributed by atoms with Gasteiger partial charge in [0.15, 0.2) is 0 Å². The highest BCUT2D eigenvalue weighted by Crippen LogP contribution is 1.93. The van der Waals surface area contributed by atoms with Crippen LogP contribution in [0.3, 0.4) is 0 Å². The van der Waals surface area contributed by atoms with Crippen molar-refractivity contribution in [2.75, 3.05) is 13.2 Å². The van der Waals surface area contributed by atoms with Crippen LogP contribution in [0.25, 0.3) is 0 Å². The van der Waals surface area contributed by atoms with E-state index in [0.29, 0.717) is 0 Å². The van der Waals surface area contributed by atoms with Gasteiger partial charge in [-0.15, -0.1) is 0 Å². The topological polar surface area (TPSA) is 52.6 Å². The van der Waals surface area contributed by atoms with E-state index in [1.807, 2.05) is 0 Å². The second-order valence-corrected chi connectivity index (χ2v) is 3.46. The number of carbonyl (C=O) groups is 2. The molecule has 0 fully saturated rings. The lowest BCUT2D eigenvalue weighted by molar-refractivity contribution is -0.139. The summed E-state index contributed by atoms with van der Waals surface area (Å²) in [4.78, 5) is 22.0. The van der Waals surface area contributed by atoms with Crippen molar-refractivity contribution in [1.29, 1.82) is 0 Å². The van der Waals surface area contributed by atoms with Gasteiger partial charge in [-0.05, 0) is 25.0 Å². The van der Waals surface area contributed by atoms with Crippen LogP contribution >= 0.6 is 0 Å². The highest BCUT2D eigenvalue weighted by atomic mass is 16.5. The highest BCUT2D eigenvalue weighted by Gasteiger charge is 2.00. The number of rotatable bonds is 6. The number of carbonyl (C=O) groups excluding carboxylic acids is 2. The van der Waals surface area contributed by atoms with Gasteiger partial charge in [0.2, 0.25) is 0 Å². The van der Waals surface area contributed by atoms with Crippen molar-refractivity contribution in [3.8, 4) is 0 Å². The zero-order valence-electron chi connectivity index (χ0n) is 9.62. The van der Waals surface area contributed by atoms with Crippen LogP contribution in [0.2, 0.25) is 0 Å². The third-order valence-corrected chi connectivity index (χ3v) is 1.28. The fourth-order valence-corrected chi connectivity index (χ4v) is 0.621. The number of hydrogen-bond acceptors (Lipinski definition) is 4. The molecule has 4 heteroatoms. The first-order valence-electron chi connectivity index (χ1n) is 4.72. The molecule has 0 unspecified atom stereocenters. The van der Waals surface area contributed by atoms with Crippen molar-refractivity contribution in [3.63, 3.8) is 0 Å². The van der Waals surface area contributed by atoms with E-state index >= 15 is 0 Å². The quantitative estimate of drug-likeness (QED) is 0.392. The second kappa shape index (κ2) is 7.45. The minimum Gasteiger partial charge on any atom is -0.458 e. The third kappa shape index (κ3) is 8.74. The average molecular weight is 224 g/mol. The molecule has 4 nitrogen and oxygen atoms in total. The summed E-state index contributed by atoms with van der Waals surface area (Å²) < 4.78 is 9.46. The molecule has 88 valence electrons. The van der Waals surface area contributed by atoms with Gasteiger partial charge in [-0.1, -0.05) is 13.2 Å². The van der Waals surface area contributed by atoms with E-state index in [9.17, 15) is 9.59 Å². The van der Waals surface area contributed by atoms with Crippen LogP contribution in [-0.4, -0.2) is 25.2 Å². The Balaban J connectivity index is 3.88. The Kier molecular flexibility index (Phi) is 6.59. The van der Waals surface area contributed by atoms with E-state index < -0.39 is 11.9 Å². The number of hydrogen-bond donors (Lipinski definition) is 0. The SMILES string of the molecule is C=C(C)COC(=O)/C=C\C(=O)OCC(=C)C. The molecule has 0 N–H and O–H groups in total. The molecule has 0 spiro atoms. The molecule has 0 aromatic carbocycles. The second-order valence-electron chi connectivity index (χ2n) is 3.46. The maximum atomic E-state index is 11.0. The van der Waals surface area contributed by atoms with Crippen LogP contribution in [0.5, 0.6) is 0 Å². The molecule has 0 aromatic rings. The van der Waals surface area contributed by atoms with Gasteiger partial charge in [0, 0.05) is 12.2 Å². The van der Waals surface area contributed by atoms with Gasteiger partial charge >= 0.3 is 11.9 Å². The Hall–Kier alpha value is -1.84. The zero-order chi connectivity index (χ0) is 12.6. The van der Waals surface area contributed by atoms with E-state index in [2.05, 4.69) is 13.2 Å². The molecule has 0 aliphatic carbocycles. The fraction of sp³-hybridized carbons (Fsp3) is 0.333. The first-order valence-corrected chi connectivity index (χ1v) is 4.72. The predicted molar refractivity (Wildman–Crippen MR) is 60.7 cm³/mol. The summed E-state index contributed by atoms with van der Waals surface area (Å²) in [7, 11) is 0. The van der Waals surface area contributed by atoms with E-state index in [1.165, 1.54) is 0 Å². The van der Waals surface area contributed by atoms with E-state index in [1.54, 1.807) is 13.8 Å². The third-order valence-electron chi connectivity index (χ3n) is 1.28. The summed E-state index contributed by atoms with van der Waals surface area (Å²) >= 11 is 0. The van der Waals surface area contributed by atoms with Crippen LogP contribution < -0.4 is 0 Å². The summed E-state index contributed by atoms with van der Waals surface area (Å²) in [5, 5.41) is 0. The van der Waals surface area contributed by atoms with Crippen molar-refractivity contribution in [2.45, 2.75) is 13.8 Å². The van der Waals surface area contributed by atoms with Gasteiger partial charge in [-0.25, -0.2) is 9.59 Å². The Morgan fingerprint density at radius 2 is 1.25 bits per heavy atom. The molecule has 0 aromatic heterocycles. The molecule has 0 saturated heterocycles. The smallest absolute Gasteiger partial charge is 0.331 e. The van der Waals surface area contributed by atoms with Crippen molar-refractivity contribution >= 4 is 11.9 Å². The summed E-state index contributed by atoms with van der Waals surface area (Å²) in [6.45, 7) is 10.9. The van der Waals surface area contributed by atoms with Gasteiger partial charge in [0.25, 0.3) is 0 Å². The van der Waals surface area contributed by atoms with Crippen LogP contribution in [-0.2, 0) is 19.1 Å². The average Bonchev–Trinajstić information content (AvgIpc) is 2.20. The molecule has 0 heterocycles. The largest absolute Gasteiger partial charge is 0.458 e. The molecule has 0 aliphatic rings. The first-order chi connectivity index (χ1) is 7.41. The van der Waals surface area contributed by atoms with Gasteiger partial charge in [0.1, 0.15) is 13.2 Å². The fourth-order valence-electron chi connectivity index (χ4n) is 0.621. The lowest BCUT2D eigenvalue weighted by Crippen LogP contribution is -2.06. The Morgan fingerprint density at radius 1 is 0.938 bits per heavy atom. The zero-order valence-corrected chi connectivity index (χ0v) is 9.62. The molecule has 0 saturated carbocycles. The van der Waals surface area contributed by atoms with Crippen molar-refractivity contribution in [2.24, 2.45) is 0 Å². The molecule has 0 amide bonds. The number of ether oxygens (including phenoxy) is 2. The van der Waals surface area contributed by atoms with E-state index in [4.69, 9.17) is 9.47 Å². The van der Waals surface area contributed by atoms with Crippen molar-refractivity contribution in [1.82, 2.24) is 0 Å². The molecule has 16 heavy (non-hydrogen) atoms. The Bertz CT molecular complexity index is 294. The van der Waals surface area contributed by atoms with Crippen LogP contribution in [0, 0.1) is 0 Å². The molecule has 0 radical (unpaired) electrons. The lowest BCUT2D eigenvalue weighted by Gasteiger charge is -2.01. The van der Waals surface area contributed by atoms with Gasteiger partial charge in [0.05, 0.1) is 0 Å². The van der Waals surface area contributed by atoms with Crippen molar-refractivity contribution in [3.05, 3.63) is 36.5 Å². The van der Waals surface area contributed by atoms with Crippen LogP contribution in [0.15, 0.2) is 36.5 Å². The minimum atomic E-state index is -0.602. The Morgan fingerprint density at radius 3 is 1.50 bits per heavy atom. The molecule has 0 bridgehead atoms. The van der Waals surface area contributed by atoms with E-state index in [0.717, 1.165) is 23.3 Å². The van der Waals surface area contributed by atoms with Gasteiger partial charge in [-0.3, -0.25) is 0 Å². The molecule has 0 atom stereocenters. The molecule has 0 aliphatic heterocycles. The summed E-state index contributed by atoms with van der Waals surface area (Å²) in [5.41, 5.74) is 1.46. The van der Waals surface area contributed by atoms with Gasteiger partial charge in [-0.2, -0.15) is 0 Å². The van der Waals surface area contributed by atoms with Crippen LogP contribution in [0.4, 0.5) is 0 Å².